The van der Waals surface area contributed by atoms with E-state index in [9.17, 15) is 9.59 Å². The van der Waals surface area contributed by atoms with Crippen LogP contribution in [0.25, 0.3) is 0 Å². The van der Waals surface area contributed by atoms with Crippen LogP contribution < -0.4 is 5.32 Å². The zero-order valence-corrected chi connectivity index (χ0v) is 16.0. The lowest BCUT2D eigenvalue weighted by atomic mass is 9.76. The summed E-state index contributed by atoms with van der Waals surface area (Å²) < 4.78 is 7.71. The Morgan fingerprint density at radius 3 is 2.69 bits per heavy atom. The molecule has 1 N–H and O–H groups in total. The highest BCUT2D eigenvalue weighted by Crippen LogP contribution is 2.37. The number of amides is 2. The summed E-state index contributed by atoms with van der Waals surface area (Å²) in [5, 5.41) is 6.60. The molecule has 3 rings (SSSR count). The van der Waals surface area contributed by atoms with Crippen LogP contribution in [0.1, 0.15) is 46.5 Å². The van der Waals surface area contributed by atoms with Crippen LogP contribution in [0.2, 0.25) is 0 Å². The Kier molecular flexibility index (Phi) is 5.37. The van der Waals surface area contributed by atoms with Gasteiger partial charge in [0.05, 0.1) is 24.6 Å². The molecule has 1 saturated heterocycles. The molecule has 1 saturated carbocycles. The smallest absolute Gasteiger partial charge is 0.244 e. The SMILES string of the molecule is CC1(C)CCC(OCC2(C)CN(C(=O)Cn3cc(NC=O)cn3)C2)CC1. The van der Waals surface area contributed by atoms with E-state index < -0.39 is 0 Å². The van der Waals surface area contributed by atoms with Gasteiger partial charge in [0.15, 0.2) is 0 Å². The Morgan fingerprint density at radius 2 is 2.04 bits per heavy atom. The second-order valence-corrected chi connectivity index (χ2v) is 8.92. The van der Waals surface area contributed by atoms with Crippen molar-refractivity contribution in [1.29, 1.82) is 0 Å². The minimum Gasteiger partial charge on any atom is -0.378 e. The molecule has 0 bridgehead atoms. The normalized spacial score (nSPS) is 21.9. The highest BCUT2D eigenvalue weighted by atomic mass is 16.5. The van der Waals surface area contributed by atoms with Crippen molar-refractivity contribution in [3.8, 4) is 0 Å². The summed E-state index contributed by atoms with van der Waals surface area (Å²) in [5.74, 6) is 0.0441. The number of nitrogens with one attached hydrogen (secondary N) is 1. The minimum absolute atomic E-state index is 0.0441. The Morgan fingerprint density at radius 1 is 1.35 bits per heavy atom. The summed E-state index contributed by atoms with van der Waals surface area (Å²) >= 11 is 0. The molecule has 1 aromatic rings. The van der Waals surface area contributed by atoms with Crippen molar-refractivity contribution in [2.24, 2.45) is 10.8 Å². The van der Waals surface area contributed by atoms with Crippen molar-refractivity contribution >= 4 is 18.0 Å². The third-order valence-corrected chi connectivity index (χ3v) is 5.61. The number of carbonyl (C=O) groups excluding carboxylic acids is 2. The quantitative estimate of drug-likeness (QED) is 0.755. The van der Waals surface area contributed by atoms with Crippen LogP contribution in [0, 0.1) is 10.8 Å². The fourth-order valence-corrected chi connectivity index (χ4v) is 3.83. The average molecular weight is 362 g/mol. The number of likely N-dealkylation sites (tertiary alicyclic amines) is 1. The summed E-state index contributed by atoms with van der Waals surface area (Å²) in [6, 6.07) is 0. The maximum Gasteiger partial charge on any atom is 0.244 e. The van der Waals surface area contributed by atoms with Gasteiger partial charge in [-0.1, -0.05) is 20.8 Å². The molecule has 1 aliphatic carbocycles. The number of rotatable bonds is 7. The number of aromatic nitrogens is 2. The van der Waals surface area contributed by atoms with E-state index in [1.165, 1.54) is 19.0 Å². The number of nitrogens with zero attached hydrogens (tertiary/aromatic N) is 3. The third kappa shape index (κ3) is 4.63. The summed E-state index contributed by atoms with van der Waals surface area (Å²) in [6.45, 7) is 9.21. The van der Waals surface area contributed by atoms with E-state index in [-0.39, 0.29) is 17.9 Å². The van der Waals surface area contributed by atoms with E-state index in [0.29, 0.717) is 23.6 Å². The maximum absolute atomic E-state index is 12.4. The van der Waals surface area contributed by atoms with E-state index in [0.717, 1.165) is 32.5 Å². The molecule has 1 aromatic heterocycles. The molecule has 0 spiro atoms. The van der Waals surface area contributed by atoms with Gasteiger partial charge in [-0.05, 0) is 31.1 Å². The van der Waals surface area contributed by atoms with Gasteiger partial charge in [-0.15, -0.1) is 0 Å². The molecule has 0 aromatic carbocycles. The van der Waals surface area contributed by atoms with Gasteiger partial charge in [0, 0.05) is 24.7 Å². The molecule has 2 heterocycles. The summed E-state index contributed by atoms with van der Waals surface area (Å²) in [5.41, 5.74) is 1.10. The molecule has 2 fully saturated rings. The standard InChI is InChI=1S/C19H30N4O3/c1-18(2)6-4-16(5-7-18)26-13-19(3)11-22(12-19)17(25)10-23-9-15(8-21-23)20-14-24/h8-9,14,16H,4-7,10-13H2,1-3H3,(H,20,24). The van der Waals surface area contributed by atoms with Crippen LogP contribution in [0.5, 0.6) is 0 Å². The molecule has 7 heteroatoms. The lowest BCUT2D eigenvalue weighted by Gasteiger charge is -2.48. The largest absolute Gasteiger partial charge is 0.378 e. The molecule has 1 aliphatic heterocycles. The second kappa shape index (κ2) is 7.39. The first-order chi connectivity index (χ1) is 12.3. The van der Waals surface area contributed by atoms with E-state index in [4.69, 9.17) is 4.74 Å². The molecule has 144 valence electrons. The van der Waals surface area contributed by atoms with Crippen LogP contribution >= 0.6 is 0 Å². The van der Waals surface area contributed by atoms with Gasteiger partial charge in [-0.2, -0.15) is 5.10 Å². The summed E-state index contributed by atoms with van der Waals surface area (Å²) in [4.78, 5) is 24.6. The lowest BCUT2D eigenvalue weighted by Crippen LogP contribution is -2.59. The minimum atomic E-state index is 0.0441. The van der Waals surface area contributed by atoms with E-state index in [2.05, 4.69) is 31.2 Å². The van der Waals surface area contributed by atoms with Gasteiger partial charge in [-0.25, -0.2) is 0 Å². The Bertz CT molecular complexity index is 639. The van der Waals surface area contributed by atoms with Crippen molar-refractivity contribution in [3.05, 3.63) is 12.4 Å². The van der Waals surface area contributed by atoms with Crippen LogP contribution in [0.15, 0.2) is 12.4 Å². The van der Waals surface area contributed by atoms with Gasteiger partial charge in [0.1, 0.15) is 6.54 Å². The zero-order chi connectivity index (χ0) is 18.8. The van der Waals surface area contributed by atoms with Gasteiger partial charge < -0.3 is 15.0 Å². The highest BCUT2D eigenvalue weighted by Gasteiger charge is 2.42. The van der Waals surface area contributed by atoms with Gasteiger partial charge >= 0.3 is 0 Å². The molecule has 2 amide bonds. The number of anilines is 1. The molecule has 0 radical (unpaired) electrons. The number of hydrogen-bond donors (Lipinski definition) is 1. The summed E-state index contributed by atoms with van der Waals surface area (Å²) in [7, 11) is 0. The van der Waals surface area contributed by atoms with Crippen LogP contribution in [0.3, 0.4) is 0 Å². The third-order valence-electron chi connectivity index (χ3n) is 5.61. The molecule has 2 aliphatic rings. The molecule has 7 nitrogen and oxygen atoms in total. The van der Waals surface area contributed by atoms with E-state index >= 15 is 0 Å². The number of hydrogen-bond acceptors (Lipinski definition) is 4. The maximum atomic E-state index is 12.4. The first-order valence-corrected chi connectivity index (χ1v) is 9.41. The van der Waals surface area contributed by atoms with Crippen LogP contribution in [-0.4, -0.2) is 52.8 Å². The number of ether oxygens (including phenoxy) is 1. The lowest BCUT2D eigenvalue weighted by molar-refractivity contribution is -0.150. The predicted octanol–water partition coefficient (Wildman–Crippen LogP) is 2.29. The fourth-order valence-electron chi connectivity index (χ4n) is 3.83. The van der Waals surface area contributed by atoms with Crippen molar-refractivity contribution in [2.45, 2.75) is 59.1 Å². The van der Waals surface area contributed by atoms with E-state index in [1.807, 2.05) is 4.90 Å². The predicted molar refractivity (Wildman–Crippen MR) is 98.6 cm³/mol. The Labute approximate surface area is 155 Å². The Balaban J connectivity index is 1.39. The van der Waals surface area contributed by atoms with E-state index in [1.54, 1.807) is 10.9 Å². The fraction of sp³-hybridized carbons (Fsp3) is 0.737. The average Bonchev–Trinajstić information content (AvgIpc) is 2.98. The topological polar surface area (TPSA) is 76.5 Å². The monoisotopic (exact) mass is 362 g/mol. The molecular formula is C19H30N4O3. The number of carbonyl (C=O) groups is 2. The molecular weight excluding hydrogens is 332 g/mol. The highest BCUT2D eigenvalue weighted by molar-refractivity contribution is 5.77. The van der Waals surface area contributed by atoms with Crippen molar-refractivity contribution in [2.75, 3.05) is 25.0 Å². The van der Waals surface area contributed by atoms with Crippen LogP contribution in [0.4, 0.5) is 5.69 Å². The van der Waals surface area contributed by atoms with Gasteiger partial charge in [0.2, 0.25) is 12.3 Å². The zero-order valence-electron chi connectivity index (χ0n) is 16.0. The molecule has 0 atom stereocenters. The van der Waals surface area contributed by atoms with Gasteiger partial charge in [0.25, 0.3) is 0 Å². The van der Waals surface area contributed by atoms with Crippen LogP contribution in [-0.2, 0) is 20.9 Å². The van der Waals surface area contributed by atoms with Crippen molar-refractivity contribution in [1.82, 2.24) is 14.7 Å². The first kappa shape index (κ1) is 18.9. The van der Waals surface area contributed by atoms with Crippen molar-refractivity contribution < 1.29 is 14.3 Å². The molecule has 0 unspecified atom stereocenters. The van der Waals surface area contributed by atoms with Crippen molar-refractivity contribution in [3.63, 3.8) is 0 Å². The van der Waals surface area contributed by atoms with Gasteiger partial charge in [-0.3, -0.25) is 14.3 Å². The molecule has 26 heavy (non-hydrogen) atoms. The second-order valence-electron chi connectivity index (χ2n) is 8.92. The Hall–Kier alpha value is -1.89. The summed E-state index contributed by atoms with van der Waals surface area (Å²) in [6.07, 6.45) is 8.88. The first-order valence-electron chi connectivity index (χ1n) is 9.41.